The molecule has 2 aromatic carbocycles. The van der Waals surface area contributed by atoms with Crippen LogP contribution in [0.25, 0.3) is 22.0 Å². The van der Waals surface area contributed by atoms with Gasteiger partial charge in [-0.05, 0) is 10.8 Å². The first-order valence-corrected chi connectivity index (χ1v) is 5.91. The quantitative estimate of drug-likeness (QED) is 0.762. The highest BCUT2D eigenvalue weighted by Gasteiger charge is 2.13. The largest absolute Gasteiger partial charge is 0.490 e. The van der Waals surface area contributed by atoms with E-state index in [9.17, 15) is 4.79 Å². The first-order valence-electron chi connectivity index (χ1n) is 5.91. The van der Waals surface area contributed by atoms with Gasteiger partial charge in [0.2, 0.25) is 5.75 Å². The maximum atomic E-state index is 11.8. The maximum absolute atomic E-state index is 11.8. The number of nitrogens with one attached hydrogen (secondary N) is 1. The van der Waals surface area contributed by atoms with Crippen molar-refractivity contribution in [1.82, 2.24) is 9.97 Å². The number of hydrogen-bond acceptors (Lipinski definition) is 3. The molecule has 0 amide bonds. The Labute approximate surface area is 109 Å². The van der Waals surface area contributed by atoms with Gasteiger partial charge in [0.15, 0.2) is 0 Å². The van der Waals surface area contributed by atoms with Crippen LogP contribution in [-0.2, 0) is 0 Å². The van der Waals surface area contributed by atoms with Gasteiger partial charge >= 0.3 is 0 Å². The first kappa shape index (κ1) is 11.5. The summed E-state index contributed by atoms with van der Waals surface area (Å²) in [6.45, 7) is 0. The number of benzene rings is 2. The number of hydrogen-bond donors (Lipinski definition) is 1. The van der Waals surface area contributed by atoms with Crippen LogP contribution in [0.1, 0.15) is 0 Å². The van der Waals surface area contributed by atoms with E-state index in [1.807, 2.05) is 42.5 Å². The van der Waals surface area contributed by atoms with Crippen LogP contribution >= 0.6 is 0 Å². The lowest BCUT2D eigenvalue weighted by Gasteiger charge is -2.09. The van der Waals surface area contributed by atoms with Crippen LogP contribution < -0.4 is 10.3 Å². The minimum absolute atomic E-state index is 0.235. The molecule has 0 fully saturated rings. The average Bonchev–Trinajstić information content (AvgIpc) is 2.46. The van der Waals surface area contributed by atoms with Crippen LogP contribution in [0.3, 0.4) is 0 Å². The number of fused-ring (bicyclic) bond motifs is 1. The van der Waals surface area contributed by atoms with Crippen LogP contribution in [0.5, 0.6) is 5.75 Å². The minimum Gasteiger partial charge on any atom is -0.490 e. The second-order valence-electron chi connectivity index (χ2n) is 4.14. The molecule has 1 heterocycles. The van der Waals surface area contributed by atoms with E-state index in [0.29, 0.717) is 5.69 Å². The van der Waals surface area contributed by atoms with Crippen LogP contribution in [0, 0.1) is 0 Å². The standard InChI is InChI=1S/C15H12N2O2/c1-19-14-13(16-9-17-15(14)18)12-8-4-6-10-5-2-3-7-11(10)12/h2-9H,1H3,(H,16,17,18). The predicted octanol–water partition coefficient (Wildman–Crippen LogP) is 2.60. The molecular formula is C15H12N2O2. The number of methoxy groups -OCH3 is 1. The van der Waals surface area contributed by atoms with Crippen LogP contribution in [-0.4, -0.2) is 17.1 Å². The van der Waals surface area contributed by atoms with Crippen molar-refractivity contribution < 1.29 is 4.74 Å². The molecule has 19 heavy (non-hydrogen) atoms. The summed E-state index contributed by atoms with van der Waals surface area (Å²) in [5, 5.41) is 2.14. The molecule has 0 saturated carbocycles. The van der Waals surface area contributed by atoms with Crippen molar-refractivity contribution in [3.63, 3.8) is 0 Å². The fourth-order valence-electron chi connectivity index (χ4n) is 2.20. The van der Waals surface area contributed by atoms with E-state index in [-0.39, 0.29) is 11.3 Å². The second-order valence-corrected chi connectivity index (χ2v) is 4.14. The van der Waals surface area contributed by atoms with Crippen molar-refractivity contribution in [2.24, 2.45) is 0 Å². The molecule has 3 aromatic rings. The highest BCUT2D eigenvalue weighted by Crippen LogP contribution is 2.30. The monoisotopic (exact) mass is 252 g/mol. The van der Waals surface area contributed by atoms with Gasteiger partial charge in [0, 0.05) is 5.56 Å². The van der Waals surface area contributed by atoms with Crippen molar-refractivity contribution in [1.29, 1.82) is 0 Å². The van der Waals surface area contributed by atoms with Crippen LogP contribution in [0.2, 0.25) is 0 Å². The Hall–Kier alpha value is -2.62. The van der Waals surface area contributed by atoms with E-state index in [0.717, 1.165) is 16.3 Å². The SMILES string of the molecule is COc1c(-c2cccc3ccccc23)nc[nH]c1=O. The Kier molecular flexibility index (Phi) is 2.76. The third-order valence-corrected chi connectivity index (χ3v) is 3.06. The molecule has 4 nitrogen and oxygen atoms in total. The third-order valence-electron chi connectivity index (χ3n) is 3.06. The van der Waals surface area contributed by atoms with Crippen molar-refractivity contribution >= 4 is 10.8 Å². The van der Waals surface area contributed by atoms with E-state index in [1.165, 1.54) is 13.4 Å². The fourth-order valence-corrected chi connectivity index (χ4v) is 2.20. The van der Waals surface area contributed by atoms with Crippen molar-refractivity contribution in [3.8, 4) is 17.0 Å². The zero-order valence-corrected chi connectivity index (χ0v) is 10.4. The number of H-pyrrole nitrogens is 1. The summed E-state index contributed by atoms with van der Waals surface area (Å²) in [7, 11) is 1.47. The normalized spacial score (nSPS) is 10.6. The van der Waals surface area contributed by atoms with Gasteiger partial charge in [0.1, 0.15) is 5.69 Å². The van der Waals surface area contributed by atoms with Gasteiger partial charge in [-0.3, -0.25) is 4.79 Å². The maximum Gasteiger partial charge on any atom is 0.293 e. The molecule has 1 aromatic heterocycles. The van der Waals surface area contributed by atoms with Gasteiger partial charge in [-0.2, -0.15) is 0 Å². The third kappa shape index (κ3) is 1.87. The summed E-state index contributed by atoms with van der Waals surface area (Å²) in [5.41, 5.74) is 1.17. The lowest BCUT2D eigenvalue weighted by atomic mass is 10.0. The Balaban J connectivity index is 2.37. The first-order chi connectivity index (χ1) is 9.31. The fraction of sp³-hybridized carbons (Fsp3) is 0.0667. The molecule has 94 valence electrons. The van der Waals surface area contributed by atoms with Gasteiger partial charge in [-0.1, -0.05) is 42.5 Å². The molecule has 0 spiro atoms. The van der Waals surface area contributed by atoms with E-state index < -0.39 is 0 Å². The van der Waals surface area contributed by atoms with Gasteiger partial charge < -0.3 is 9.72 Å². The summed E-state index contributed by atoms with van der Waals surface area (Å²) < 4.78 is 5.17. The van der Waals surface area contributed by atoms with E-state index in [2.05, 4.69) is 9.97 Å². The Morgan fingerprint density at radius 2 is 1.89 bits per heavy atom. The van der Waals surface area contributed by atoms with Crippen LogP contribution in [0.4, 0.5) is 0 Å². The predicted molar refractivity (Wildman–Crippen MR) is 74.4 cm³/mol. The molecule has 0 atom stereocenters. The van der Waals surface area contributed by atoms with Crippen molar-refractivity contribution in [2.75, 3.05) is 7.11 Å². The van der Waals surface area contributed by atoms with E-state index >= 15 is 0 Å². The van der Waals surface area contributed by atoms with Gasteiger partial charge in [0.25, 0.3) is 5.56 Å². The van der Waals surface area contributed by atoms with Crippen molar-refractivity contribution in [2.45, 2.75) is 0 Å². The molecule has 1 N–H and O–H groups in total. The number of aromatic amines is 1. The highest BCUT2D eigenvalue weighted by atomic mass is 16.5. The zero-order valence-electron chi connectivity index (χ0n) is 10.4. The lowest BCUT2D eigenvalue weighted by Crippen LogP contribution is -2.11. The molecule has 3 rings (SSSR count). The molecular weight excluding hydrogens is 240 g/mol. The number of rotatable bonds is 2. The Morgan fingerprint density at radius 1 is 1.11 bits per heavy atom. The molecule has 0 saturated heterocycles. The van der Waals surface area contributed by atoms with E-state index in [4.69, 9.17) is 4.74 Å². The van der Waals surface area contributed by atoms with Gasteiger partial charge in [-0.25, -0.2) is 4.98 Å². The minimum atomic E-state index is -0.277. The smallest absolute Gasteiger partial charge is 0.293 e. The van der Waals surface area contributed by atoms with Gasteiger partial charge in [0.05, 0.1) is 13.4 Å². The lowest BCUT2D eigenvalue weighted by molar-refractivity contribution is 0.408. The van der Waals surface area contributed by atoms with Crippen LogP contribution in [0.15, 0.2) is 53.6 Å². The molecule has 0 bridgehead atoms. The highest BCUT2D eigenvalue weighted by molar-refractivity contribution is 5.96. The van der Waals surface area contributed by atoms with Gasteiger partial charge in [-0.15, -0.1) is 0 Å². The number of nitrogens with zero attached hydrogens (tertiary/aromatic N) is 1. The summed E-state index contributed by atoms with van der Waals surface area (Å²) in [6.07, 6.45) is 1.39. The molecule has 4 heteroatoms. The van der Waals surface area contributed by atoms with E-state index in [1.54, 1.807) is 0 Å². The summed E-state index contributed by atoms with van der Waals surface area (Å²) in [4.78, 5) is 18.5. The molecule has 0 aliphatic rings. The molecule has 0 unspecified atom stereocenters. The topological polar surface area (TPSA) is 55.0 Å². The Morgan fingerprint density at radius 3 is 2.74 bits per heavy atom. The summed E-state index contributed by atoms with van der Waals surface area (Å²) in [5.74, 6) is 0.235. The Bertz CT molecular complexity index is 788. The number of aromatic nitrogens is 2. The summed E-state index contributed by atoms with van der Waals surface area (Å²) in [6, 6.07) is 13.9. The molecule has 0 radical (unpaired) electrons. The number of ether oxygens (including phenoxy) is 1. The second kappa shape index (κ2) is 4.57. The van der Waals surface area contributed by atoms with Crippen molar-refractivity contribution in [3.05, 3.63) is 59.1 Å². The summed E-state index contributed by atoms with van der Waals surface area (Å²) >= 11 is 0. The molecule has 0 aliphatic heterocycles. The zero-order chi connectivity index (χ0) is 13.2. The molecule has 0 aliphatic carbocycles. The average molecular weight is 252 g/mol.